The van der Waals surface area contributed by atoms with E-state index in [0.717, 1.165) is 22.9 Å². The molecule has 0 saturated heterocycles. The van der Waals surface area contributed by atoms with E-state index in [2.05, 4.69) is 10.2 Å². The zero-order valence-electron chi connectivity index (χ0n) is 28.2. The maximum Gasteiger partial charge on any atom is 0.435 e. The molecule has 0 aliphatic carbocycles. The number of sulfonamides is 2. The van der Waals surface area contributed by atoms with Crippen molar-refractivity contribution in [2.45, 2.75) is 22.4 Å². The molecule has 0 saturated carbocycles. The topological polar surface area (TPSA) is 160 Å². The van der Waals surface area contributed by atoms with Crippen LogP contribution in [0.3, 0.4) is 0 Å². The molecule has 3 N–H and O–H groups in total. The van der Waals surface area contributed by atoms with Gasteiger partial charge in [0.2, 0.25) is 10.0 Å². The van der Waals surface area contributed by atoms with Gasteiger partial charge in [-0.3, -0.25) is 0 Å². The van der Waals surface area contributed by atoms with Crippen LogP contribution in [0.15, 0.2) is 113 Å². The molecule has 0 aliphatic rings. The highest BCUT2D eigenvalue weighted by Gasteiger charge is 2.36. The van der Waals surface area contributed by atoms with Crippen LogP contribution in [0.4, 0.5) is 30.7 Å². The molecule has 12 nitrogen and oxygen atoms in total. The van der Waals surface area contributed by atoms with Crippen LogP contribution in [-0.4, -0.2) is 50.7 Å². The number of nitrogens with one attached hydrogen (secondary N) is 1. The van der Waals surface area contributed by atoms with E-state index in [4.69, 9.17) is 14.6 Å². The van der Waals surface area contributed by atoms with E-state index in [1.165, 1.54) is 87.0 Å². The Balaban J connectivity index is 0.000000211. The lowest BCUT2D eigenvalue weighted by Gasteiger charge is -2.12. The first-order chi connectivity index (χ1) is 25.8. The molecule has 2 heterocycles. The first-order valence-corrected chi connectivity index (χ1v) is 18.3. The van der Waals surface area contributed by atoms with Gasteiger partial charge in [-0.1, -0.05) is 30.3 Å². The van der Waals surface area contributed by atoms with Crippen molar-refractivity contribution in [2.24, 2.45) is 5.14 Å². The standard InChI is InChI=1S/C17H13F4N3O3S.C17H14F3N3O3S/c1-27-15-8-7-11(9-13(15)18)14-10-16(17(19,20)21)22-24(14)23-28(25,26)12-5-3-2-4-6-12;1-26-15-7-6-10(8-11(15)18)14-9-12(17(19)20)22-23(14)13-4-2-3-5-16(13)27(21,24)25/h2-10,23H,1H3;2-9,17H,1H3,(H2,21,24,25). The van der Waals surface area contributed by atoms with Crippen LogP contribution in [0.5, 0.6) is 11.5 Å². The van der Waals surface area contributed by atoms with E-state index in [9.17, 15) is 47.6 Å². The SMILES string of the molecule is COc1ccc(-c2cc(C(F)(F)F)nn2NS(=O)(=O)c2ccccc2)cc1F.COc1ccc(-c2cc(C(F)F)nn2-c2ccccc2S(N)(=O)=O)cc1F. The van der Waals surface area contributed by atoms with Crippen LogP contribution < -0.4 is 19.4 Å². The number of hydrogen-bond acceptors (Lipinski definition) is 8. The molecule has 0 amide bonds. The smallest absolute Gasteiger partial charge is 0.435 e. The molecule has 4 aromatic carbocycles. The zero-order chi connectivity index (χ0) is 40.3. The van der Waals surface area contributed by atoms with Crippen molar-refractivity contribution in [3.05, 3.63) is 126 Å². The molecule has 0 fully saturated rings. The van der Waals surface area contributed by atoms with E-state index in [1.54, 1.807) is 6.07 Å². The summed E-state index contributed by atoms with van der Waals surface area (Å²) < 4.78 is 153. The number of ether oxygens (including phenoxy) is 2. The fourth-order valence-corrected chi connectivity index (χ4v) is 6.68. The number of aromatic nitrogens is 4. The minimum Gasteiger partial charge on any atom is -0.494 e. The number of primary sulfonamides is 1. The van der Waals surface area contributed by atoms with Crippen LogP contribution in [-0.2, 0) is 26.2 Å². The fourth-order valence-electron chi connectivity index (χ4n) is 4.98. The number of nitrogens with two attached hydrogens (primary N) is 1. The Labute approximate surface area is 308 Å². The fraction of sp³-hybridized carbons (Fsp3) is 0.118. The Kier molecular flexibility index (Phi) is 11.6. The zero-order valence-corrected chi connectivity index (χ0v) is 29.8. The molecule has 0 unspecified atom stereocenters. The van der Waals surface area contributed by atoms with Gasteiger partial charge in [-0.05, 0) is 72.8 Å². The van der Waals surface area contributed by atoms with Gasteiger partial charge < -0.3 is 9.47 Å². The third-order valence-electron chi connectivity index (χ3n) is 7.51. The maximum atomic E-state index is 14.1. The number of rotatable bonds is 10. The van der Waals surface area contributed by atoms with Gasteiger partial charge in [0.05, 0.1) is 36.2 Å². The molecule has 55 heavy (non-hydrogen) atoms. The summed E-state index contributed by atoms with van der Waals surface area (Å²) in [7, 11) is -5.86. The number of alkyl halides is 5. The Bertz CT molecular complexity index is 2550. The average Bonchev–Trinajstić information content (AvgIpc) is 3.77. The van der Waals surface area contributed by atoms with Crippen molar-refractivity contribution in [3.63, 3.8) is 0 Å². The first kappa shape index (κ1) is 40.3. The normalized spacial score (nSPS) is 11.9. The van der Waals surface area contributed by atoms with Crippen molar-refractivity contribution in [1.82, 2.24) is 19.7 Å². The highest BCUT2D eigenvalue weighted by Crippen LogP contribution is 2.34. The van der Waals surface area contributed by atoms with Gasteiger partial charge in [0.15, 0.2) is 28.8 Å². The second kappa shape index (κ2) is 15.8. The molecule has 0 spiro atoms. The minimum atomic E-state index is -4.83. The number of nitrogens with zero attached hydrogens (tertiary/aromatic N) is 4. The van der Waals surface area contributed by atoms with E-state index in [0.29, 0.717) is 10.9 Å². The molecule has 0 bridgehead atoms. The van der Waals surface area contributed by atoms with Gasteiger partial charge in [0.25, 0.3) is 16.4 Å². The van der Waals surface area contributed by atoms with Gasteiger partial charge in [0.1, 0.15) is 10.6 Å². The summed E-state index contributed by atoms with van der Waals surface area (Å²) in [5, 5.41) is 12.3. The molecular formula is C34H27F7N6O6S2. The molecule has 0 atom stereocenters. The van der Waals surface area contributed by atoms with Gasteiger partial charge in [-0.2, -0.15) is 36.3 Å². The number of benzene rings is 4. The second-order valence-corrected chi connectivity index (χ2v) is 14.3. The van der Waals surface area contributed by atoms with Crippen molar-refractivity contribution in [2.75, 3.05) is 19.1 Å². The lowest BCUT2D eigenvalue weighted by Crippen LogP contribution is -2.25. The largest absolute Gasteiger partial charge is 0.494 e. The third-order valence-corrected chi connectivity index (χ3v) is 9.77. The van der Waals surface area contributed by atoms with E-state index < -0.39 is 55.7 Å². The summed E-state index contributed by atoms with van der Waals surface area (Å²) in [4.78, 5) is 1.94. The van der Waals surface area contributed by atoms with Gasteiger partial charge >= 0.3 is 6.18 Å². The lowest BCUT2D eigenvalue weighted by molar-refractivity contribution is -0.141. The van der Waals surface area contributed by atoms with Crippen molar-refractivity contribution in [1.29, 1.82) is 0 Å². The number of halogens is 7. The Morgan fingerprint density at radius 1 is 0.727 bits per heavy atom. The first-order valence-electron chi connectivity index (χ1n) is 15.3. The molecule has 0 radical (unpaired) electrons. The van der Waals surface area contributed by atoms with E-state index >= 15 is 0 Å². The quantitative estimate of drug-likeness (QED) is 0.141. The molecule has 2 aromatic heterocycles. The predicted octanol–water partition coefficient (Wildman–Crippen LogP) is 6.92. The third kappa shape index (κ3) is 9.07. The van der Waals surface area contributed by atoms with E-state index in [1.807, 2.05) is 4.83 Å². The van der Waals surface area contributed by atoms with Crippen LogP contribution in [0.1, 0.15) is 17.8 Å². The molecule has 0 aliphatic heterocycles. The summed E-state index contributed by atoms with van der Waals surface area (Å²) in [6.07, 6.45) is -7.74. The second-order valence-electron chi connectivity index (χ2n) is 11.1. The van der Waals surface area contributed by atoms with Gasteiger partial charge in [-0.25, -0.2) is 35.8 Å². The molecule has 21 heteroatoms. The van der Waals surface area contributed by atoms with Crippen molar-refractivity contribution < 1.29 is 57.0 Å². The molecule has 6 rings (SSSR count). The summed E-state index contributed by atoms with van der Waals surface area (Å²) in [6, 6.07) is 21.5. The highest BCUT2D eigenvalue weighted by atomic mass is 32.2. The van der Waals surface area contributed by atoms with Crippen molar-refractivity contribution >= 4 is 20.0 Å². The summed E-state index contributed by atoms with van der Waals surface area (Å²) in [5.74, 6) is -1.67. The molecular weight excluding hydrogens is 786 g/mol. The summed E-state index contributed by atoms with van der Waals surface area (Å²) >= 11 is 0. The number of para-hydroxylation sites is 1. The Morgan fingerprint density at radius 2 is 1.27 bits per heavy atom. The number of hydrogen-bond donors (Lipinski definition) is 2. The molecule has 290 valence electrons. The summed E-state index contributed by atoms with van der Waals surface area (Å²) in [5.41, 5.74) is -2.01. The van der Waals surface area contributed by atoms with Crippen LogP contribution in [0.25, 0.3) is 28.2 Å². The number of methoxy groups -OCH3 is 2. The minimum absolute atomic E-state index is 0.0242. The highest BCUT2D eigenvalue weighted by molar-refractivity contribution is 7.92. The van der Waals surface area contributed by atoms with Gasteiger partial charge in [-0.15, -0.1) is 5.10 Å². The molecule has 6 aromatic rings. The van der Waals surface area contributed by atoms with Crippen LogP contribution in [0, 0.1) is 11.6 Å². The Morgan fingerprint density at radius 3 is 1.78 bits per heavy atom. The van der Waals surface area contributed by atoms with Gasteiger partial charge in [0, 0.05) is 11.1 Å². The lowest BCUT2D eigenvalue weighted by atomic mass is 10.1. The maximum absolute atomic E-state index is 14.1. The summed E-state index contributed by atoms with van der Waals surface area (Å²) in [6.45, 7) is 0. The average molecular weight is 813 g/mol. The van der Waals surface area contributed by atoms with Crippen molar-refractivity contribution in [3.8, 4) is 39.7 Å². The van der Waals surface area contributed by atoms with Crippen LogP contribution >= 0.6 is 0 Å². The van der Waals surface area contributed by atoms with Crippen LogP contribution in [0.2, 0.25) is 0 Å². The predicted molar refractivity (Wildman–Crippen MR) is 184 cm³/mol. The monoisotopic (exact) mass is 812 g/mol. The van der Waals surface area contributed by atoms with E-state index in [-0.39, 0.29) is 49.5 Å². The Hall–Kier alpha value is -5.93.